The third kappa shape index (κ3) is 3.59. The summed E-state index contributed by atoms with van der Waals surface area (Å²) in [6, 6.07) is 15.5. The van der Waals surface area contributed by atoms with Gasteiger partial charge in [-0.3, -0.25) is 4.79 Å². The van der Waals surface area contributed by atoms with E-state index in [9.17, 15) is 4.79 Å². The first-order chi connectivity index (χ1) is 9.58. The topological polar surface area (TPSA) is 55.1 Å². The Morgan fingerprint density at radius 1 is 1.20 bits per heavy atom. The molecule has 0 aromatic heterocycles. The maximum Gasteiger partial charge on any atom is 0.234 e. The van der Waals surface area contributed by atoms with E-state index in [4.69, 9.17) is 17.3 Å². The minimum Gasteiger partial charge on any atom is -0.368 e. The van der Waals surface area contributed by atoms with Crippen LogP contribution in [0.3, 0.4) is 0 Å². The van der Waals surface area contributed by atoms with Gasteiger partial charge in [0, 0.05) is 17.1 Å². The summed E-state index contributed by atoms with van der Waals surface area (Å²) in [4.78, 5) is 10.9. The van der Waals surface area contributed by atoms with Gasteiger partial charge in [-0.1, -0.05) is 54.1 Å². The zero-order valence-corrected chi connectivity index (χ0v) is 12.0. The second-order valence-electron chi connectivity index (χ2n) is 4.68. The van der Waals surface area contributed by atoms with Crippen LogP contribution in [0.4, 0.5) is 0 Å². The number of rotatable bonds is 5. The van der Waals surface area contributed by atoms with Gasteiger partial charge in [0.2, 0.25) is 5.91 Å². The van der Waals surface area contributed by atoms with Crippen LogP contribution in [0.15, 0.2) is 48.5 Å². The molecule has 2 rings (SSSR count). The Bertz CT molecular complexity index is 596. The van der Waals surface area contributed by atoms with E-state index in [1.165, 1.54) is 0 Å². The Morgan fingerprint density at radius 2 is 1.85 bits per heavy atom. The molecule has 0 aliphatic heterocycles. The molecule has 1 amide bonds. The van der Waals surface area contributed by atoms with Crippen molar-refractivity contribution in [1.29, 1.82) is 0 Å². The standard InChI is InChI=1S/C16H17ClN2O/c1-11(16(18)20)19-10-12-6-8-13(9-7-12)14-4-2-3-5-15(14)17/h2-9,11,19H,10H2,1H3,(H2,18,20). The van der Waals surface area contributed by atoms with E-state index in [1.54, 1.807) is 6.92 Å². The van der Waals surface area contributed by atoms with E-state index in [0.29, 0.717) is 6.54 Å². The van der Waals surface area contributed by atoms with Gasteiger partial charge in [-0.15, -0.1) is 0 Å². The molecular weight excluding hydrogens is 272 g/mol. The fourth-order valence-corrected chi connectivity index (χ4v) is 2.11. The van der Waals surface area contributed by atoms with E-state index in [0.717, 1.165) is 21.7 Å². The van der Waals surface area contributed by atoms with Crippen LogP contribution in [0, 0.1) is 0 Å². The molecule has 2 aromatic carbocycles. The first-order valence-corrected chi connectivity index (χ1v) is 6.82. The maximum atomic E-state index is 10.9. The molecule has 104 valence electrons. The Kier molecular flexibility index (Phi) is 4.77. The minimum atomic E-state index is -0.349. The zero-order chi connectivity index (χ0) is 14.5. The summed E-state index contributed by atoms with van der Waals surface area (Å²) < 4.78 is 0. The van der Waals surface area contributed by atoms with Crippen molar-refractivity contribution < 1.29 is 4.79 Å². The quantitative estimate of drug-likeness (QED) is 0.889. The lowest BCUT2D eigenvalue weighted by Gasteiger charge is -2.10. The van der Waals surface area contributed by atoms with Crippen LogP contribution >= 0.6 is 11.6 Å². The van der Waals surface area contributed by atoms with Gasteiger partial charge in [0.25, 0.3) is 0 Å². The summed E-state index contributed by atoms with van der Waals surface area (Å²) in [7, 11) is 0. The summed E-state index contributed by atoms with van der Waals surface area (Å²) in [6.45, 7) is 2.35. The number of halogens is 1. The highest BCUT2D eigenvalue weighted by atomic mass is 35.5. The molecule has 0 heterocycles. The van der Waals surface area contributed by atoms with Crippen molar-refractivity contribution in [2.45, 2.75) is 19.5 Å². The molecule has 2 aromatic rings. The summed E-state index contributed by atoms with van der Waals surface area (Å²) in [6.07, 6.45) is 0. The highest BCUT2D eigenvalue weighted by Gasteiger charge is 2.07. The summed E-state index contributed by atoms with van der Waals surface area (Å²) >= 11 is 6.17. The van der Waals surface area contributed by atoms with Crippen LogP contribution in [-0.2, 0) is 11.3 Å². The smallest absolute Gasteiger partial charge is 0.234 e. The van der Waals surface area contributed by atoms with Crippen molar-refractivity contribution in [3.05, 3.63) is 59.1 Å². The lowest BCUT2D eigenvalue weighted by molar-refractivity contribution is -0.119. The van der Waals surface area contributed by atoms with Gasteiger partial charge in [-0.2, -0.15) is 0 Å². The maximum absolute atomic E-state index is 10.9. The third-order valence-electron chi connectivity index (χ3n) is 3.18. The molecule has 0 radical (unpaired) electrons. The largest absolute Gasteiger partial charge is 0.368 e. The Hall–Kier alpha value is -1.84. The molecule has 0 aliphatic rings. The number of amides is 1. The van der Waals surface area contributed by atoms with Crippen LogP contribution in [0.2, 0.25) is 5.02 Å². The minimum absolute atomic E-state index is 0.335. The van der Waals surface area contributed by atoms with Crippen molar-refractivity contribution in [3.8, 4) is 11.1 Å². The number of hydrogen-bond donors (Lipinski definition) is 2. The van der Waals surface area contributed by atoms with Gasteiger partial charge in [-0.25, -0.2) is 0 Å². The summed E-state index contributed by atoms with van der Waals surface area (Å²) in [5.41, 5.74) is 8.38. The van der Waals surface area contributed by atoms with Crippen molar-refractivity contribution in [3.63, 3.8) is 0 Å². The van der Waals surface area contributed by atoms with Gasteiger partial charge in [0.15, 0.2) is 0 Å². The monoisotopic (exact) mass is 288 g/mol. The Morgan fingerprint density at radius 3 is 2.45 bits per heavy atom. The molecule has 0 saturated heterocycles. The average Bonchev–Trinajstić information content (AvgIpc) is 2.46. The number of benzene rings is 2. The normalized spacial score (nSPS) is 12.1. The molecule has 0 fully saturated rings. The van der Waals surface area contributed by atoms with Crippen molar-refractivity contribution >= 4 is 17.5 Å². The van der Waals surface area contributed by atoms with Crippen LogP contribution in [0.25, 0.3) is 11.1 Å². The second kappa shape index (κ2) is 6.55. The van der Waals surface area contributed by atoms with Gasteiger partial charge in [-0.05, 0) is 24.1 Å². The van der Waals surface area contributed by atoms with Crippen LogP contribution < -0.4 is 11.1 Å². The molecule has 0 bridgehead atoms. The fraction of sp³-hybridized carbons (Fsp3) is 0.188. The van der Waals surface area contributed by atoms with E-state index in [-0.39, 0.29) is 11.9 Å². The van der Waals surface area contributed by atoms with Crippen LogP contribution in [-0.4, -0.2) is 11.9 Å². The highest BCUT2D eigenvalue weighted by molar-refractivity contribution is 6.33. The Balaban J connectivity index is 2.07. The second-order valence-corrected chi connectivity index (χ2v) is 5.09. The van der Waals surface area contributed by atoms with E-state index < -0.39 is 0 Å². The van der Waals surface area contributed by atoms with E-state index in [2.05, 4.69) is 5.32 Å². The number of primary amides is 1. The first-order valence-electron chi connectivity index (χ1n) is 6.44. The Labute approximate surface area is 123 Å². The summed E-state index contributed by atoms with van der Waals surface area (Å²) in [5.74, 6) is -0.349. The van der Waals surface area contributed by atoms with Gasteiger partial charge in [0.1, 0.15) is 0 Å². The zero-order valence-electron chi connectivity index (χ0n) is 11.3. The van der Waals surface area contributed by atoms with Crippen molar-refractivity contribution in [2.24, 2.45) is 5.73 Å². The van der Waals surface area contributed by atoms with Gasteiger partial charge in [0.05, 0.1) is 6.04 Å². The number of nitrogens with two attached hydrogens (primary N) is 1. The molecule has 1 unspecified atom stereocenters. The highest BCUT2D eigenvalue weighted by Crippen LogP contribution is 2.27. The molecule has 3 nitrogen and oxygen atoms in total. The van der Waals surface area contributed by atoms with E-state index >= 15 is 0 Å². The third-order valence-corrected chi connectivity index (χ3v) is 3.51. The SMILES string of the molecule is CC(NCc1ccc(-c2ccccc2Cl)cc1)C(N)=O. The molecule has 4 heteroatoms. The predicted octanol–water partition coefficient (Wildman–Crippen LogP) is 2.97. The molecular formula is C16H17ClN2O. The molecule has 20 heavy (non-hydrogen) atoms. The first kappa shape index (κ1) is 14.6. The van der Waals surface area contributed by atoms with Crippen molar-refractivity contribution in [2.75, 3.05) is 0 Å². The number of hydrogen-bond acceptors (Lipinski definition) is 2. The number of carbonyl (C=O) groups excluding carboxylic acids is 1. The number of carbonyl (C=O) groups is 1. The van der Waals surface area contributed by atoms with Crippen LogP contribution in [0.1, 0.15) is 12.5 Å². The molecule has 0 spiro atoms. The molecule has 1 atom stereocenters. The molecule has 0 saturated carbocycles. The lowest BCUT2D eigenvalue weighted by Crippen LogP contribution is -2.38. The van der Waals surface area contributed by atoms with Crippen molar-refractivity contribution in [1.82, 2.24) is 5.32 Å². The number of nitrogens with one attached hydrogen (secondary N) is 1. The van der Waals surface area contributed by atoms with E-state index in [1.807, 2.05) is 48.5 Å². The summed E-state index contributed by atoms with van der Waals surface area (Å²) in [5, 5.41) is 3.81. The van der Waals surface area contributed by atoms with Gasteiger partial charge >= 0.3 is 0 Å². The van der Waals surface area contributed by atoms with Gasteiger partial charge < -0.3 is 11.1 Å². The molecule has 3 N–H and O–H groups in total. The predicted molar refractivity (Wildman–Crippen MR) is 82.4 cm³/mol. The van der Waals surface area contributed by atoms with Crippen LogP contribution in [0.5, 0.6) is 0 Å². The lowest BCUT2D eigenvalue weighted by atomic mass is 10.0. The average molecular weight is 289 g/mol. The fourth-order valence-electron chi connectivity index (χ4n) is 1.87. The molecule has 0 aliphatic carbocycles.